The second kappa shape index (κ2) is 5.19. The van der Waals surface area contributed by atoms with E-state index in [9.17, 15) is 0 Å². The molecule has 3 N–H and O–H groups in total. The molecular weight excluding hydrogens is 236 g/mol. The fraction of sp³-hybridized carbons (Fsp3) is 0.600. The number of nitrogens with one attached hydrogen (secondary N) is 1. The molecule has 2 heterocycles. The molecule has 0 amide bonds. The molecule has 1 fully saturated rings. The van der Waals surface area contributed by atoms with Crippen molar-refractivity contribution in [3.63, 3.8) is 0 Å². The van der Waals surface area contributed by atoms with Crippen LogP contribution < -0.4 is 10.6 Å². The van der Waals surface area contributed by atoms with Crippen molar-refractivity contribution in [3.8, 4) is 0 Å². The molecule has 1 saturated heterocycles. The summed E-state index contributed by atoms with van der Waals surface area (Å²) in [6.45, 7) is 8.39. The Morgan fingerprint density at radius 1 is 1.42 bits per heavy atom. The Hall–Kier alpha value is -1.58. The molecule has 0 bridgehead atoms. The largest absolute Gasteiger partial charge is 0.387 e. The Morgan fingerprint density at radius 2 is 2.16 bits per heavy atom. The van der Waals surface area contributed by atoms with E-state index in [2.05, 4.69) is 42.8 Å². The van der Waals surface area contributed by atoms with Gasteiger partial charge in [0.1, 0.15) is 5.82 Å². The van der Waals surface area contributed by atoms with Crippen molar-refractivity contribution >= 4 is 11.7 Å². The molecule has 1 aliphatic heterocycles. The number of nitrogens with two attached hydrogens (primary N) is 1. The van der Waals surface area contributed by atoms with Gasteiger partial charge in [-0.25, -0.2) is 4.98 Å². The summed E-state index contributed by atoms with van der Waals surface area (Å²) >= 11 is 0. The van der Waals surface area contributed by atoms with E-state index in [4.69, 9.17) is 11.1 Å². The second-order valence-corrected chi connectivity index (χ2v) is 6.40. The van der Waals surface area contributed by atoms with Crippen molar-refractivity contribution in [2.24, 2.45) is 11.7 Å². The number of pyridine rings is 1. The predicted molar refractivity (Wildman–Crippen MR) is 79.8 cm³/mol. The first kappa shape index (κ1) is 13.8. The van der Waals surface area contributed by atoms with Crippen LogP contribution in [0.2, 0.25) is 0 Å². The third-order valence-corrected chi connectivity index (χ3v) is 3.80. The van der Waals surface area contributed by atoms with Gasteiger partial charge in [0, 0.05) is 25.2 Å². The lowest BCUT2D eigenvalue weighted by Gasteiger charge is -2.33. The van der Waals surface area contributed by atoms with Crippen LogP contribution in [0.5, 0.6) is 0 Å². The molecule has 1 unspecified atom stereocenters. The van der Waals surface area contributed by atoms with Gasteiger partial charge in [0.15, 0.2) is 0 Å². The van der Waals surface area contributed by atoms with Gasteiger partial charge in [0.25, 0.3) is 0 Å². The van der Waals surface area contributed by atoms with Gasteiger partial charge in [0.05, 0.1) is 5.84 Å². The molecule has 0 spiro atoms. The highest BCUT2D eigenvalue weighted by molar-refractivity contribution is 5.80. The number of piperidine rings is 1. The summed E-state index contributed by atoms with van der Waals surface area (Å²) in [4.78, 5) is 6.82. The Morgan fingerprint density at radius 3 is 2.68 bits per heavy atom. The molecule has 1 aromatic heterocycles. The maximum Gasteiger partial charge on any atom is 0.128 e. The fourth-order valence-corrected chi connectivity index (χ4v) is 2.46. The minimum absolute atomic E-state index is 0.134. The summed E-state index contributed by atoms with van der Waals surface area (Å²) in [6.07, 6.45) is 4.06. The number of amidine groups is 1. The van der Waals surface area contributed by atoms with E-state index in [0.717, 1.165) is 31.7 Å². The van der Waals surface area contributed by atoms with Gasteiger partial charge in [-0.15, -0.1) is 0 Å². The molecule has 0 radical (unpaired) electrons. The van der Waals surface area contributed by atoms with Gasteiger partial charge in [-0.05, 0) is 29.9 Å². The van der Waals surface area contributed by atoms with Crippen LogP contribution in [-0.4, -0.2) is 23.9 Å². The topological polar surface area (TPSA) is 66.0 Å². The van der Waals surface area contributed by atoms with Crippen molar-refractivity contribution in [1.29, 1.82) is 5.41 Å². The van der Waals surface area contributed by atoms with Crippen LogP contribution in [0.25, 0.3) is 0 Å². The lowest BCUT2D eigenvalue weighted by atomic mass is 9.88. The maximum absolute atomic E-state index is 7.59. The lowest BCUT2D eigenvalue weighted by Crippen LogP contribution is -2.41. The van der Waals surface area contributed by atoms with Crippen LogP contribution in [0, 0.1) is 11.3 Å². The first-order valence-corrected chi connectivity index (χ1v) is 6.93. The van der Waals surface area contributed by atoms with Crippen LogP contribution in [0.3, 0.4) is 0 Å². The second-order valence-electron chi connectivity index (χ2n) is 6.40. The van der Waals surface area contributed by atoms with Gasteiger partial charge >= 0.3 is 0 Å². The molecule has 2 rings (SSSR count). The molecule has 104 valence electrons. The average Bonchev–Trinajstić information content (AvgIpc) is 2.38. The van der Waals surface area contributed by atoms with Crippen LogP contribution in [0.15, 0.2) is 18.3 Å². The summed E-state index contributed by atoms with van der Waals surface area (Å²) in [7, 11) is 0. The summed E-state index contributed by atoms with van der Waals surface area (Å²) in [5.74, 6) is 1.48. The lowest BCUT2D eigenvalue weighted by molar-refractivity contribution is 0.499. The number of hydrogen-bond acceptors (Lipinski definition) is 3. The zero-order valence-electron chi connectivity index (χ0n) is 12.1. The molecule has 4 nitrogen and oxygen atoms in total. The molecule has 1 aliphatic rings. The van der Waals surface area contributed by atoms with Gasteiger partial charge in [-0.2, -0.15) is 0 Å². The third kappa shape index (κ3) is 3.25. The highest BCUT2D eigenvalue weighted by atomic mass is 15.2. The number of nitrogens with zero attached hydrogens (tertiary/aromatic N) is 2. The van der Waals surface area contributed by atoms with Crippen molar-refractivity contribution < 1.29 is 0 Å². The smallest absolute Gasteiger partial charge is 0.128 e. The molecule has 0 aromatic carbocycles. The molecule has 1 aromatic rings. The predicted octanol–water partition coefficient (Wildman–Crippen LogP) is 2.53. The monoisotopic (exact) mass is 260 g/mol. The number of anilines is 1. The van der Waals surface area contributed by atoms with Crippen LogP contribution in [0.4, 0.5) is 5.82 Å². The Kier molecular flexibility index (Phi) is 3.78. The maximum atomic E-state index is 7.59. The standard InChI is InChI=1S/C15H24N4/c1-15(2,3)12-6-7-13(18-9-12)19-8-4-5-11(10-19)14(16)17/h6-7,9,11H,4-5,8,10H2,1-3H3,(H3,16,17). The van der Waals surface area contributed by atoms with Crippen molar-refractivity contribution in [2.75, 3.05) is 18.0 Å². The quantitative estimate of drug-likeness (QED) is 0.634. The van der Waals surface area contributed by atoms with E-state index in [-0.39, 0.29) is 11.3 Å². The molecule has 1 atom stereocenters. The molecule has 0 saturated carbocycles. The van der Waals surface area contributed by atoms with E-state index >= 15 is 0 Å². The summed E-state index contributed by atoms with van der Waals surface area (Å²) < 4.78 is 0. The van der Waals surface area contributed by atoms with Crippen molar-refractivity contribution in [3.05, 3.63) is 23.9 Å². The van der Waals surface area contributed by atoms with Gasteiger partial charge in [-0.1, -0.05) is 26.8 Å². The average molecular weight is 260 g/mol. The first-order chi connectivity index (χ1) is 8.88. The first-order valence-electron chi connectivity index (χ1n) is 6.93. The molecule has 19 heavy (non-hydrogen) atoms. The summed E-state index contributed by atoms with van der Waals surface area (Å²) in [5, 5.41) is 7.59. The van der Waals surface area contributed by atoms with Crippen LogP contribution in [0.1, 0.15) is 39.2 Å². The molecule has 0 aliphatic carbocycles. The van der Waals surface area contributed by atoms with E-state index in [1.165, 1.54) is 5.56 Å². The zero-order chi connectivity index (χ0) is 14.0. The minimum Gasteiger partial charge on any atom is -0.387 e. The Balaban J connectivity index is 2.12. The van der Waals surface area contributed by atoms with Gasteiger partial charge in [0.2, 0.25) is 0 Å². The Bertz CT molecular complexity index is 444. The third-order valence-electron chi connectivity index (χ3n) is 3.80. The zero-order valence-corrected chi connectivity index (χ0v) is 12.1. The van der Waals surface area contributed by atoms with Crippen LogP contribution >= 0.6 is 0 Å². The number of rotatable bonds is 2. The fourth-order valence-electron chi connectivity index (χ4n) is 2.46. The number of aromatic nitrogens is 1. The van der Waals surface area contributed by atoms with Crippen molar-refractivity contribution in [2.45, 2.75) is 39.0 Å². The van der Waals surface area contributed by atoms with Crippen molar-refractivity contribution in [1.82, 2.24) is 4.98 Å². The van der Waals surface area contributed by atoms with E-state index < -0.39 is 0 Å². The molecular formula is C15H24N4. The number of hydrogen-bond donors (Lipinski definition) is 2. The highest BCUT2D eigenvalue weighted by Crippen LogP contribution is 2.25. The summed E-state index contributed by atoms with van der Waals surface area (Å²) in [5.41, 5.74) is 7.01. The van der Waals surface area contributed by atoms with E-state index in [1.807, 2.05) is 6.20 Å². The Labute approximate surface area is 115 Å². The molecule has 4 heteroatoms. The van der Waals surface area contributed by atoms with E-state index in [1.54, 1.807) is 0 Å². The normalized spacial score (nSPS) is 20.4. The minimum atomic E-state index is 0.134. The SMILES string of the molecule is CC(C)(C)c1ccc(N2CCCC(C(=N)N)C2)nc1. The van der Waals surface area contributed by atoms with Crippen LogP contribution in [-0.2, 0) is 5.41 Å². The highest BCUT2D eigenvalue weighted by Gasteiger charge is 2.23. The summed E-state index contributed by atoms with van der Waals surface area (Å²) in [6, 6.07) is 4.24. The van der Waals surface area contributed by atoms with Gasteiger partial charge in [-0.3, -0.25) is 5.41 Å². The van der Waals surface area contributed by atoms with Gasteiger partial charge < -0.3 is 10.6 Å². The van der Waals surface area contributed by atoms with E-state index in [0.29, 0.717) is 5.84 Å².